The summed E-state index contributed by atoms with van der Waals surface area (Å²) in [6.07, 6.45) is 8.43. The minimum absolute atomic E-state index is 0.0516. The number of hydrogen-bond acceptors (Lipinski definition) is 2. The van der Waals surface area contributed by atoms with E-state index in [-0.39, 0.29) is 12.1 Å². The van der Waals surface area contributed by atoms with Crippen molar-refractivity contribution in [3.8, 4) is 0 Å². The Morgan fingerprint density at radius 2 is 2.32 bits per heavy atom. The molecule has 0 bridgehead atoms. The Labute approximate surface area is 118 Å². The van der Waals surface area contributed by atoms with Gasteiger partial charge >= 0.3 is 6.03 Å². The van der Waals surface area contributed by atoms with Crippen LogP contribution in [0.3, 0.4) is 0 Å². The van der Waals surface area contributed by atoms with Gasteiger partial charge in [-0.1, -0.05) is 23.3 Å². The summed E-state index contributed by atoms with van der Waals surface area (Å²) in [4.78, 5) is 15.8. The van der Waals surface area contributed by atoms with Gasteiger partial charge < -0.3 is 10.6 Å². The van der Waals surface area contributed by atoms with Crippen LogP contribution in [0.2, 0.25) is 5.15 Å². The Hall–Kier alpha value is -1.55. The molecular formula is C14H18ClN3O. The van der Waals surface area contributed by atoms with Crippen molar-refractivity contribution in [1.82, 2.24) is 10.3 Å². The number of hydrogen-bond donors (Lipinski definition) is 2. The topological polar surface area (TPSA) is 54.0 Å². The number of amides is 2. The average molecular weight is 280 g/mol. The van der Waals surface area contributed by atoms with Gasteiger partial charge in [-0.15, -0.1) is 0 Å². The maximum atomic E-state index is 11.9. The molecule has 0 saturated carbocycles. The summed E-state index contributed by atoms with van der Waals surface area (Å²) in [5.74, 6) is 0. The van der Waals surface area contributed by atoms with Crippen LogP contribution in [0.5, 0.6) is 0 Å². The van der Waals surface area contributed by atoms with Gasteiger partial charge in [0.05, 0.1) is 5.69 Å². The van der Waals surface area contributed by atoms with E-state index in [4.69, 9.17) is 11.6 Å². The van der Waals surface area contributed by atoms with Crippen molar-refractivity contribution in [2.24, 2.45) is 0 Å². The predicted molar refractivity (Wildman–Crippen MR) is 77.4 cm³/mol. The van der Waals surface area contributed by atoms with Gasteiger partial charge in [-0.3, -0.25) is 0 Å². The highest BCUT2D eigenvalue weighted by molar-refractivity contribution is 6.32. The molecule has 2 rings (SSSR count). The lowest BCUT2D eigenvalue weighted by Gasteiger charge is -2.21. The summed E-state index contributed by atoms with van der Waals surface area (Å²) in [6.45, 7) is 2.00. The van der Waals surface area contributed by atoms with Crippen LogP contribution in [0, 0.1) is 0 Å². The highest BCUT2D eigenvalue weighted by Crippen LogP contribution is 2.21. The van der Waals surface area contributed by atoms with Gasteiger partial charge in [-0.05, 0) is 44.7 Å². The van der Waals surface area contributed by atoms with E-state index in [1.165, 1.54) is 18.4 Å². The molecule has 1 unspecified atom stereocenters. The van der Waals surface area contributed by atoms with Gasteiger partial charge in [-0.2, -0.15) is 0 Å². The molecule has 1 atom stereocenters. The number of rotatable bonds is 3. The van der Waals surface area contributed by atoms with E-state index in [9.17, 15) is 4.79 Å². The smallest absolute Gasteiger partial charge is 0.319 e. The fourth-order valence-corrected chi connectivity index (χ4v) is 2.35. The van der Waals surface area contributed by atoms with Crippen molar-refractivity contribution in [3.05, 3.63) is 35.1 Å². The number of carbonyl (C=O) groups excluding carboxylic acids is 1. The van der Waals surface area contributed by atoms with E-state index >= 15 is 0 Å². The van der Waals surface area contributed by atoms with Crippen LogP contribution in [0.25, 0.3) is 0 Å². The van der Waals surface area contributed by atoms with Gasteiger partial charge in [0, 0.05) is 12.2 Å². The summed E-state index contributed by atoms with van der Waals surface area (Å²) in [5.41, 5.74) is 1.82. The van der Waals surface area contributed by atoms with Crippen LogP contribution in [0.1, 0.15) is 32.6 Å². The van der Waals surface area contributed by atoms with Gasteiger partial charge in [0.25, 0.3) is 0 Å². The van der Waals surface area contributed by atoms with Gasteiger partial charge in [0.2, 0.25) is 0 Å². The molecule has 0 aromatic carbocycles. The first kappa shape index (κ1) is 13.9. The summed E-state index contributed by atoms with van der Waals surface area (Å²) >= 11 is 5.89. The summed E-state index contributed by atoms with van der Waals surface area (Å²) in [5, 5.41) is 5.92. The zero-order valence-electron chi connectivity index (χ0n) is 10.9. The SMILES string of the molecule is CC(NC(=O)Nc1cccnc1Cl)C1=CCCCC1. The number of allylic oxidation sites excluding steroid dienone is 1. The number of nitrogens with zero attached hydrogens (tertiary/aromatic N) is 1. The fourth-order valence-electron chi connectivity index (χ4n) is 2.18. The van der Waals surface area contributed by atoms with E-state index < -0.39 is 0 Å². The first-order valence-corrected chi connectivity index (χ1v) is 6.91. The van der Waals surface area contributed by atoms with Crippen molar-refractivity contribution in [3.63, 3.8) is 0 Å². The first-order chi connectivity index (χ1) is 9.16. The van der Waals surface area contributed by atoms with Crippen LogP contribution in [0.4, 0.5) is 10.5 Å². The normalized spacial score (nSPS) is 16.4. The number of urea groups is 1. The minimum Gasteiger partial charge on any atom is -0.332 e. The van der Waals surface area contributed by atoms with Crippen LogP contribution in [-0.2, 0) is 0 Å². The van der Waals surface area contributed by atoms with Crippen molar-refractivity contribution >= 4 is 23.3 Å². The Kier molecular flexibility index (Phi) is 4.80. The fraction of sp³-hybridized carbons (Fsp3) is 0.429. The van der Waals surface area contributed by atoms with Crippen molar-refractivity contribution < 1.29 is 4.79 Å². The van der Waals surface area contributed by atoms with Crippen molar-refractivity contribution in [1.29, 1.82) is 0 Å². The Balaban J connectivity index is 1.91. The highest BCUT2D eigenvalue weighted by atomic mass is 35.5. The van der Waals surface area contributed by atoms with Gasteiger partial charge in [-0.25, -0.2) is 9.78 Å². The minimum atomic E-state index is -0.256. The van der Waals surface area contributed by atoms with Gasteiger partial charge in [0.1, 0.15) is 0 Å². The second-order valence-corrected chi connectivity index (χ2v) is 5.04. The molecule has 19 heavy (non-hydrogen) atoms. The summed E-state index contributed by atoms with van der Waals surface area (Å²) in [7, 11) is 0. The number of pyridine rings is 1. The lowest BCUT2D eigenvalue weighted by molar-refractivity contribution is 0.250. The molecule has 5 heteroatoms. The van der Waals surface area contributed by atoms with Crippen LogP contribution in [-0.4, -0.2) is 17.1 Å². The molecule has 1 aromatic heterocycles. The van der Waals surface area contributed by atoms with E-state index in [1.54, 1.807) is 18.3 Å². The molecule has 1 aliphatic carbocycles. The molecule has 0 fully saturated rings. The molecule has 1 aromatic rings. The van der Waals surface area contributed by atoms with Crippen LogP contribution < -0.4 is 10.6 Å². The van der Waals surface area contributed by atoms with Crippen LogP contribution >= 0.6 is 11.6 Å². The van der Waals surface area contributed by atoms with E-state index in [1.807, 2.05) is 6.92 Å². The molecule has 102 valence electrons. The predicted octanol–water partition coefficient (Wildman–Crippen LogP) is 3.75. The third-order valence-electron chi connectivity index (χ3n) is 3.24. The molecule has 4 nitrogen and oxygen atoms in total. The number of aromatic nitrogens is 1. The second-order valence-electron chi connectivity index (χ2n) is 4.69. The third-order valence-corrected chi connectivity index (χ3v) is 3.54. The zero-order valence-corrected chi connectivity index (χ0v) is 11.7. The lowest BCUT2D eigenvalue weighted by Crippen LogP contribution is -2.37. The largest absolute Gasteiger partial charge is 0.332 e. The van der Waals surface area contributed by atoms with E-state index in [0.717, 1.165) is 12.8 Å². The molecule has 1 aliphatic rings. The Bertz CT molecular complexity index is 487. The average Bonchev–Trinajstić information content (AvgIpc) is 2.42. The number of nitrogens with one attached hydrogen (secondary N) is 2. The molecule has 0 radical (unpaired) electrons. The maximum absolute atomic E-state index is 11.9. The summed E-state index contributed by atoms with van der Waals surface area (Å²) < 4.78 is 0. The Morgan fingerprint density at radius 3 is 3.00 bits per heavy atom. The van der Waals surface area contributed by atoms with Crippen molar-refractivity contribution in [2.45, 2.75) is 38.6 Å². The number of anilines is 1. The van der Waals surface area contributed by atoms with Crippen molar-refractivity contribution in [2.75, 3.05) is 5.32 Å². The molecule has 0 aliphatic heterocycles. The molecule has 1 heterocycles. The second kappa shape index (κ2) is 6.57. The lowest BCUT2D eigenvalue weighted by atomic mass is 9.95. The quantitative estimate of drug-likeness (QED) is 0.654. The molecule has 0 spiro atoms. The summed E-state index contributed by atoms with van der Waals surface area (Å²) in [6, 6.07) is 3.25. The molecule has 0 saturated heterocycles. The Morgan fingerprint density at radius 1 is 1.47 bits per heavy atom. The number of halogens is 1. The molecular weight excluding hydrogens is 262 g/mol. The third kappa shape index (κ3) is 3.96. The van der Waals surface area contributed by atoms with Gasteiger partial charge in [0.15, 0.2) is 5.15 Å². The molecule has 2 N–H and O–H groups in total. The monoisotopic (exact) mass is 279 g/mol. The zero-order chi connectivity index (χ0) is 13.7. The standard InChI is InChI=1S/C14H18ClN3O/c1-10(11-6-3-2-4-7-11)17-14(19)18-12-8-5-9-16-13(12)15/h5-6,8-10H,2-4,7H2,1H3,(H2,17,18,19). The van der Waals surface area contributed by atoms with E-state index in [2.05, 4.69) is 21.7 Å². The maximum Gasteiger partial charge on any atom is 0.319 e. The molecule has 2 amide bonds. The van der Waals surface area contributed by atoms with Crippen LogP contribution in [0.15, 0.2) is 30.0 Å². The highest BCUT2D eigenvalue weighted by Gasteiger charge is 2.14. The number of carbonyl (C=O) groups is 1. The van der Waals surface area contributed by atoms with E-state index in [0.29, 0.717) is 10.8 Å². The first-order valence-electron chi connectivity index (χ1n) is 6.54.